The minimum absolute atomic E-state index is 0.0603. The van der Waals surface area contributed by atoms with Gasteiger partial charge in [0.25, 0.3) is 0 Å². The topological polar surface area (TPSA) is 60.9 Å². The van der Waals surface area contributed by atoms with Crippen LogP contribution in [0.25, 0.3) is 0 Å². The van der Waals surface area contributed by atoms with E-state index in [-0.39, 0.29) is 17.5 Å². The van der Waals surface area contributed by atoms with Crippen LogP contribution in [0, 0.1) is 0 Å². The summed E-state index contributed by atoms with van der Waals surface area (Å²) in [6.07, 6.45) is 3.06. The second-order valence-electron chi connectivity index (χ2n) is 6.40. The fourth-order valence-electron chi connectivity index (χ4n) is 3.96. The lowest BCUT2D eigenvalue weighted by molar-refractivity contribution is -0.0285. The molecular formula is C13H24N2O3S. The van der Waals surface area contributed by atoms with Crippen molar-refractivity contribution in [3.8, 4) is 0 Å². The van der Waals surface area contributed by atoms with Crippen LogP contribution >= 0.6 is 0 Å². The predicted octanol–water partition coefficient (Wildman–Crippen LogP) is -0.297. The number of hydrogen-bond donors (Lipinski definition) is 1. The van der Waals surface area contributed by atoms with Crippen LogP contribution in [0.3, 0.4) is 0 Å². The summed E-state index contributed by atoms with van der Waals surface area (Å²) in [5, 5.41) is 10.1. The molecule has 3 aliphatic rings. The lowest BCUT2D eigenvalue weighted by atomic mass is 9.95. The average Bonchev–Trinajstić information content (AvgIpc) is 2.62. The number of piperazine rings is 1. The van der Waals surface area contributed by atoms with Gasteiger partial charge in [-0.15, -0.1) is 0 Å². The standard InChI is InChI=1S/C13H24N2O3S/c1-10-6-14-5-3-2-4-11(14)7-15(10)12-8-19(17,18)9-13(12)16/h10-13,16H,2-9H2,1H3. The van der Waals surface area contributed by atoms with E-state index in [1.54, 1.807) is 0 Å². The van der Waals surface area contributed by atoms with Crippen LogP contribution in [0.4, 0.5) is 0 Å². The molecule has 4 unspecified atom stereocenters. The normalized spacial score (nSPS) is 44.1. The number of nitrogens with zero attached hydrogens (tertiary/aromatic N) is 2. The van der Waals surface area contributed by atoms with E-state index >= 15 is 0 Å². The Labute approximate surface area is 115 Å². The SMILES string of the molecule is CC1CN2CCCCC2CN1C1CS(=O)(=O)CC1O. The highest BCUT2D eigenvalue weighted by atomic mass is 32.2. The summed E-state index contributed by atoms with van der Waals surface area (Å²) in [4.78, 5) is 4.79. The van der Waals surface area contributed by atoms with Crippen LogP contribution in [-0.2, 0) is 9.84 Å². The van der Waals surface area contributed by atoms with Gasteiger partial charge >= 0.3 is 0 Å². The number of piperidine rings is 1. The van der Waals surface area contributed by atoms with Gasteiger partial charge in [-0.1, -0.05) is 6.42 Å². The van der Waals surface area contributed by atoms with E-state index in [2.05, 4.69) is 16.7 Å². The first-order chi connectivity index (χ1) is 8.96. The summed E-state index contributed by atoms with van der Waals surface area (Å²) in [6.45, 7) is 5.25. The number of rotatable bonds is 1. The Bertz CT molecular complexity index is 439. The molecule has 3 heterocycles. The first kappa shape index (κ1) is 13.8. The van der Waals surface area contributed by atoms with E-state index in [1.807, 2.05) is 0 Å². The van der Waals surface area contributed by atoms with Gasteiger partial charge in [-0.2, -0.15) is 0 Å². The fraction of sp³-hybridized carbons (Fsp3) is 1.00. The van der Waals surface area contributed by atoms with Crippen LogP contribution in [0.5, 0.6) is 0 Å². The van der Waals surface area contributed by atoms with Crippen LogP contribution in [0.15, 0.2) is 0 Å². The molecule has 3 saturated heterocycles. The monoisotopic (exact) mass is 288 g/mol. The highest BCUT2D eigenvalue weighted by Crippen LogP contribution is 2.28. The van der Waals surface area contributed by atoms with E-state index in [0.29, 0.717) is 12.1 Å². The molecule has 0 aromatic rings. The van der Waals surface area contributed by atoms with Gasteiger partial charge in [0.05, 0.1) is 23.7 Å². The Hall–Kier alpha value is -0.170. The quantitative estimate of drug-likeness (QED) is 0.718. The molecule has 0 radical (unpaired) electrons. The molecule has 1 N–H and O–H groups in total. The number of aliphatic hydroxyl groups excluding tert-OH is 1. The number of aliphatic hydroxyl groups is 1. The summed E-state index contributed by atoms with van der Waals surface area (Å²) in [6, 6.07) is 0.701. The minimum atomic E-state index is -3.05. The largest absolute Gasteiger partial charge is 0.390 e. The zero-order valence-corrected chi connectivity index (χ0v) is 12.3. The van der Waals surface area contributed by atoms with Crippen molar-refractivity contribution in [1.29, 1.82) is 0 Å². The van der Waals surface area contributed by atoms with Crippen molar-refractivity contribution in [3.05, 3.63) is 0 Å². The molecule has 0 aliphatic carbocycles. The van der Waals surface area contributed by atoms with Gasteiger partial charge in [0.15, 0.2) is 9.84 Å². The van der Waals surface area contributed by atoms with Crippen molar-refractivity contribution in [3.63, 3.8) is 0 Å². The molecule has 0 saturated carbocycles. The number of fused-ring (bicyclic) bond motifs is 1. The highest BCUT2D eigenvalue weighted by Gasteiger charge is 2.44. The average molecular weight is 288 g/mol. The van der Waals surface area contributed by atoms with Crippen molar-refractivity contribution in [1.82, 2.24) is 9.80 Å². The van der Waals surface area contributed by atoms with Crippen LogP contribution in [-0.4, -0.2) is 78.7 Å². The Morgan fingerprint density at radius 3 is 2.63 bits per heavy atom. The molecule has 3 aliphatic heterocycles. The second-order valence-corrected chi connectivity index (χ2v) is 8.56. The van der Waals surface area contributed by atoms with Gasteiger partial charge in [-0.3, -0.25) is 9.80 Å². The molecule has 0 aromatic carbocycles. The van der Waals surface area contributed by atoms with Crippen molar-refractivity contribution >= 4 is 9.84 Å². The number of sulfone groups is 1. The van der Waals surface area contributed by atoms with Gasteiger partial charge in [-0.05, 0) is 26.3 Å². The zero-order chi connectivity index (χ0) is 13.6. The Kier molecular flexibility index (Phi) is 3.62. The summed E-state index contributed by atoms with van der Waals surface area (Å²) >= 11 is 0. The van der Waals surface area contributed by atoms with Crippen molar-refractivity contribution in [2.45, 2.75) is 50.4 Å². The summed E-state index contributed by atoms with van der Waals surface area (Å²) < 4.78 is 23.4. The maximum atomic E-state index is 11.7. The van der Waals surface area contributed by atoms with Crippen LogP contribution in [0.1, 0.15) is 26.2 Å². The van der Waals surface area contributed by atoms with Crippen LogP contribution in [0.2, 0.25) is 0 Å². The Morgan fingerprint density at radius 2 is 1.95 bits per heavy atom. The minimum Gasteiger partial charge on any atom is -0.390 e. The summed E-state index contributed by atoms with van der Waals surface area (Å²) in [5.41, 5.74) is 0. The molecule has 6 heteroatoms. The Balaban J connectivity index is 1.74. The van der Waals surface area contributed by atoms with E-state index in [0.717, 1.165) is 13.1 Å². The molecule has 110 valence electrons. The third-order valence-electron chi connectivity index (χ3n) is 4.96. The van der Waals surface area contributed by atoms with E-state index < -0.39 is 15.9 Å². The fourth-order valence-corrected chi connectivity index (χ4v) is 5.78. The van der Waals surface area contributed by atoms with Gasteiger partial charge in [0, 0.05) is 25.2 Å². The lowest BCUT2D eigenvalue weighted by Crippen LogP contribution is -2.62. The highest BCUT2D eigenvalue weighted by molar-refractivity contribution is 7.91. The predicted molar refractivity (Wildman–Crippen MR) is 73.8 cm³/mol. The van der Waals surface area contributed by atoms with E-state index in [4.69, 9.17) is 0 Å². The smallest absolute Gasteiger partial charge is 0.154 e. The van der Waals surface area contributed by atoms with Gasteiger partial charge in [0.2, 0.25) is 0 Å². The molecule has 3 rings (SSSR count). The Morgan fingerprint density at radius 1 is 1.16 bits per heavy atom. The van der Waals surface area contributed by atoms with E-state index in [9.17, 15) is 13.5 Å². The van der Waals surface area contributed by atoms with Gasteiger partial charge in [-0.25, -0.2) is 8.42 Å². The molecule has 0 aromatic heterocycles. The van der Waals surface area contributed by atoms with Crippen molar-refractivity contribution < 1.29 is 13.5 Å². The summed E-state index contributed by atoms with van der Waals surface area (Å²) in [7, 11) is -3.05. The molecule has 5 nitrogen and oxygen atoms in total. The summed E-state index contributed by atoms with van der Waals surface area (Å²) in [5.74, 6) is 0.0699. The molecule has 0 spiro atoms. The number of hydrogen-bond acceptors (Lipinski definition) is 5. The lowest BCUT2D eigenvalue weighted by Gasteiger charge is -2.49. The second kappa shape index (κ2) is 4.98. The van der Waals surface area contributed by atoms with Gasteiger partial charge < -0.3 is 5.11 Å². The molecule has 0 amide bonds. The van der Waals surface area contributed by atoms with E-state index in [1.165, 1.54) is 25.8 Å². The molecule has 4 atom stereocenters. The van der Waals surface area contributed by atoms with Gasteiger partial charge in [0.1, 0.15) is 0 Å². The maximum absolute atomic E-state index is 11.7. The van der Waals surface area contributed by atoms with Crippen molar-refractivity contribution in [2.75, 3.05) is 31.1 Å². The molecule has 3 fully saturated rings. The first-order valence-electron chi connectivity index (χ1n) is 7.34. The third-order valence-corrected chi connectivity index (χ3v) is 6.65. The first-order valence-corrected chi connectivity index (χ1v) is 9.17. The van der Waals surface area contributed by atoms with Crippen molar-refractivity contribution in [2.24, 2.45) is 0 Å². The molecule has 0 bridgehead atoms. The molecular weight excluding hydrogens is 264 g/mol. The molecule has 19 heavy (non-hydrogen) atoms. The van der Waals surface area contributed by atoms with Crippen LogP contribution < -0.4 is 0 Å². The zero-order valence-electron chi connectivity index (χ0n) is 11.5. The third kappa shape index (κ3) is 2.68. The maximum Gasteiger partial charge on any atom is 0.154 e.